The Morgan fingerprint density at radius 1 is 1.44 bits per heavy atom. The zero-order chi connectivity index (χ0) is 12.2. The third kappa shape index (κ3) is 3.19. The minimum atomic E-state index is -0.291. The molecule has 0 aliphatic carbocycles. The van der Waals surface area contributed by atoms with Crippen LogP contribution in [0.15, 0.2) is 18.2 Å². The second-order valence-corrected chi connectivity index (χ2v) is 5.00. The van der Waals surface area contributed by atoms with Crippen molar-refractivity contribution >= 4 is 11.6 Å². The molecule has 0 bridgehead atoms. The minimum Gasteiger partial charge on any atom is -0.396 e. The SMILES string of the molecule is CCCC(C)(CO)Cc1c(F)cccc1Cl. The lowest BCUT2D eigenvalue weighted by molar-refractivity contribution is 0.130. The van der Waals surface area contributed by atoms with Crippen LogP contribution in [0.25, 0.3) is 0 Å². The molecule has 3 heteroatoms. The van der Waals surface area contributed by atoms with Gasteiger partial charge in [0.2, 0.25) is 0 Å². The van der Waals surface area contributed by atoms with Crippen molar-refractivity contribution in [2.75, 3.05) is 6.61 Å². The average molecular weight is 245 g/mol. The Hall–Kier alpha value is -0.600. The Balaban J connectivity index is 2.94. The normalized spacial score (nSPS) is 14.8. The lowest BCUT2D eigenvalue weighted by atomic mass is 9.80. The summed E-state index contributed by atoms with van der Waals surface area (Å²) in [7, 11) is 0. The fraction of sp³-hybridized carbons (Fsp3) is 0.538. The fourth-order valence-electron chi connectivity index (χ4n) is 1.95. The van der Waals surface area contributed by atoms with Gasteiger partial charge in [-0.25, -0.2) is 4.39 Å². The summed E-state index contributed by atoms with van der Waals surface area (Å²) in [5, 5.41) is 9.83. The first-order valence-electron chi connectivity index (χ1n) is 5.56. The lowest BCUT2D eigenvalue weighted by Crippen LogP contribution is -2.24. The van der Waals surface area contributed by atoms with E-state index in [0.717, 1.165) is 12.8 Å². The maximum Gasteiger partial charge on any atom is 0.127 e. The van der Waals surface area contributed by atoms with Gasteiger partial charge in [-0.2, -0.15) is 0 Å². The molecule has 1 atom stereocenters. The average Bonchev–Trinajstić information content (AvgIpc) is 2.24. The zero-order valence-electron chi connectivity index (χ0n) is 9.76. The van der Waals surface area contributed by atoms with E-state index in [1.54, 1.807) is 12.1 Å². The van der Waals surface area contributed by atoms with Gasteiger partial charge in [0, 0.05) is 17.2 Å². The molecule has 1 aromatic carbocycles. The molecular weight excluding hydrogens is 227 g/mol. The highest BCUT2D eigenvalue weighted by Gasteiger charge is 2.25. The molecule has 1 nitrogen and oxygen atoms in total. The van der Waals surface area contributed by atoms with E-state index in [4.69, 9.17) is 11.6 Å². The number of aliphatic hydroxyl groups is 1. The van der Waals surface area contributed by atoms with Crippen LogP contribution in [0.4, 0.5) is 4.39 Å². The van der Waals surface area contributed by atoms with Gasteiger partial charge < -0.3 is 5.11 Å². The first-order chi connectivity index (χ1) is 7.52. The molecule has 0 amide bonds. The van der Waals surface area contributed by atoms with Crippen LogP contribution >= 0.6 is 11.6 Å². The fourth-order valence-corrected chi connectivity index (χ4v) is 2.18. The molecule has 1 N–H and O–H groups in total. The first-order valence-corrected chi connectivity index (χ1v) is 5.94. The predicted molar refractivity (Wildman–Crippen MR) is 65.2 cm³/mol. The van der Waals surface area contributed by atoms with E-state index in [2.05, 4.69) is 6.92 Å². The first kappa shape index (κ1) is 13.5. The van der Waals surface area contributed by atoms with E-state index in [1.807, 2.05) is 6.92 Å². The molecule has 16 heavy (non-hydrogen) atoms. The number of aliphatic hydroxyl groups excluding tert-OH is 1. The molecular formula is C13H18ClFO. The molecule has 0 aromatic heterocycles. The van der Waals surface area contributed by atoms with E-state index < -0.39 is 0 Å². The topological polar surface area (TPSA) is 20.2 Å². The maximum absolute atomic E-state index is 13.6. The van der Waals surface area contributed by atoms with Crippen molar-refractivity contribution in [1.29, 1.82) is 0 Å². The highest BCUT2D eigenvalue weighted by Crippen LogP contribution is 2.31. The molecule has 0 aliphatic heterocycles. The molecule has 0 heterocycles. The molecule has 0 fully saturated rings. The number of hydrogen-bond acceptors (Lipinski definition) is 1. The summed E-state index contributed by atoms with van der Waals surface area (Å²) in [4.78, 5) is 0. The third-order valence-electron chi connectivity index (χ3n) is 2.90. The smallest absolute Gasteiger partial charge is 0.127 e. The summed E-state index contributed by atoms with van der Waals surface area (Å²) >= 11 is 5.97. The van der Waals surface area contributed by atoms with Gasteiger partial charge in [0.05, 0.1) is 0 Å². The molecule has 0 saturated heterocycles. The summed E-state index contributed by atoms with van der Waals surface area (Å²) in [6.07, 6.45) is 2.29. The monoisotopic (exact) mass is 244 g/mol. The van der Waals surface area contributed by atoms with Crippen molar-refractivity contribution in [1.82, 2.24) is 0 Å². The van der Waals surface area contributed by atoms with Gasteiger partial charge in [-0.05, 0) is 30.4 Å². The molecule has 1 unspecified atom stereocenters. The molecule has 1 aromatic rings. The van der Waals surface area contributed by atoms with Crippen molar-refractivity contribution in [3.05, 3.63) is 34.6 Å². The summed E-state index contributed by atoms with van der Waals surface area (Å²) in [6.45, 7) is 4.06. The molecule has 1 rings (SSSR count). The van der Waals surface area contributed by atoms with Crippen molar-refractivity contribution in [2.24, 2.45) is 5.41 Å². The van der Waals surface area contributed by atoms with E-state index in [1.165, 1.54) is 6.07 Å². The third-order valence-corrected chi connectivity index (χ3v) is 3.25. The van der Waals surface area contributed by atoms with Crippen LogP contribution in [0, 0.1) is 11.2 Å². The molecule has 90 valence electrons. The Labute approximate surface area is 101 Å². The van der Waals surface area contributed by atoms with Gasteiger partial charge in [-0.1, -0.05) is 37.9 Å². The summed E-state index contributed by atoms with van der Waals surface area (Å²) in [6, 6.07) is 4.69. The van der Waals surface area contributed by atoms with Crippen LogP contribution in [-0.4, -0.2) is 11.7 Å². The Morgan fingerprint density at radius 2 is 2.12 bits per heavy atom. The number of rotatable bonds is 5. The maximum atomic E-state index is 13.6. The molecule has 0 aliphatic rings. The van der Waals surface area contributed by atoms with E-state index in [0.29, 0.717) is 17.0 Å². The predicted octanol–water partition coefficient (Wildman–Crippen LogP) is 3.82. The van der Waals surface area contributed by atoms with Crippen LogP contribution in [-0.2, 0) is 6.42 Å². The van der Waals surface area contributed by atoms with Gasteiger partial charge >= 0.3 is 0 Å². The van der Waals surface area contributed by atoms with Gasteiger partial charge in [0.15, 0.2) is 0 Å². The number of halogens is 2. The van der Waals surface area contributed by atoms with Gasteiger partial charge in [0.1, 0.15) is 5.82 Å². The largest absolute Gasteiger partial charge is 0.396 e. The standard InChI is InChI=1S/C13H18ClFO/c1-3-7-13(2,9-16)8-10-11(14)5-4-6-12(10)15/h4-6,16H,3,7-9H2,1-2H3. The van der Waals surface area contributed by atoms with Crippen molar-refractivity contribution in [3.8, 4) is 0 Å². The van der Waals surface area contributed by atoms with Crippen LogP contribution in [0.2, 0.25) is 5.02 Å². The van der Waals surface area contributed by atoms with Gasteiger partial charge in [-0.15, -0.1) is 0 Å². The van der Waals surface area contributed by atoms with Gasteiger partial charge in [0.25, 0.3) is 0 Å². The van der Waals surface area contributed by atoms with Crippen molar-refractivity contribution in [3.63, 3.8) is 0 Å². The summed E-state index contributed by atoms with van der Waals surface area (Å²) < 4.78 is 13.6. The molecule has 0 spiro atoms. The second-order valence-electron chi connectivity index (χ2n) is 4.60. The van der Waals surface area contributed by atoms with E-state index in [-0.39, 0.29) is 17.8 Å². The Morgan fingerprint density at radius 3 is 2.62 bits per heavy atom. The van der Waals surface area contributed by atoms with Crippen molar-refractivity contribution < 1.29 is 9.50 Å². The van der Waals surface area contributed by atoms with Crippen molar-refractivity contribution in [2.45, 2.75) is 33.1 Å². The number of benzene rings is 1. The summed E-state index contributed by atoms with van der Waals surface area (Å²) in [5.74, 6) is -0.289. The quantitative estimate of drug-likeness (QED) is 0.835. The molecule has 0 saturated carbocycles. The van der Waals surface area contributed by atoms with E-state index in [9.17, 15) is 9.50 Å². The van der Waals surface area contributed by atoms with Gasteiger partial charge in [-0.3, -0.25) is 0 Å². The zero-order valence-corrected chi connectivity index (χ0v) is 10.5. The summed E-state index contributed by atoms with van der Waals surface area (Å²) in [5.41, 5.74) is 0.217. The molecule has 0 radical (unpaired) electrons. The Bertz CT molecular complexity index is 334. The van der Waals surface area contributed by atoms with Crippen LogP contribution in [0.1, 0.15) is 32.3 Å². The van der Waals surface area contributed by atoms with E-state index >= 15 is 0 Å². The van der Waals surface area contributed by atoms with Crippen LogP contribution in [0.3, 0.4) is 0 Å². The van der Waals surface area contributed by atoms with Crippen LogP contribution in [0.5, 0.6) is 0 Å². The highest BCUT2D eigenvalue weighted by atomic mass is 35.5. The second kappa shape index (κ2) is 5.65. The number of hydrogen-bond donors (Lipinski definition) is 1. The van der Waals surface area contributed by atoms with Crippen LogP contribution < -0.4 is 0 Å². The highest BCUT2D eigenvalue weighted by molar-refractivity contribution is 6.31. The lowest BCUT2D eigenvalue weighted by Gasteiger charge is -2.27. The minimum absolute atomic E-state index is 0.0471. The Kier molecular flexibility index (Phi) is 4.75.